The van der Waals surface area contributed by atoms with Gasteiger partial charge in [0.1, 0.15) is 0 Å². The van der Waals surface area contributed by atoms with Gasteiger partial charge in [-0.3, -0.25) is 4.79 Å². The van der Waals surface area contributed by atoms with E-state index in [9.17, 15) is 4.79 Å². The lowest BCUT2D eigenvalue weighted by Crippen LogP contribution is -2.25. The molecule has 0 saturated carbocycles. The molecule has 0 spiro atoms. The molecule has 1 aromatic carbocycles. The van der Waals surface area contributed by atoms with E-state index in [1.165, 1.54) is 5.56 Å². The van der Waals surface area contributed by atoms with Gasteiger partial charge in [-0.25, -0.2) is 0 Å². The first-order valence-corrected chi connectivity index (χ1v) is 5.24. The van der Waals surface area contributed by atoms with E-state index in [-0.39, 0.29) is 12.5 Å². The number of aliphatic hydroxyl groups is 1. The number of aliphatic hydroxyl groups excluding tert-OH is 1. The monoisotopic (exact) mass is 207 g/mol. The minimum absolute atomic E-state index is 0.0139. The molecule has 0 aliphatic carbocycles. The first kappa shape index (κ1) is 11.7. The van der Waals surface area contributed by atoms with Crippen LogP contribution in [0.25, 0.3) is 0 Å². The Morgan fingerprint density at radius 1 is 1.27 bits per heavy atom. The van der Waals surface area contributed by atoms with Gasteiger partial charge >= 0.3 is 0 Å². The number of hydrogen-bond acceptors (Lipinski definition) is 2. The van der Waals surface area contributed by atoms with Crippen LogP contribution in [0.15, 0.2) is 30.3 Å². The zero-order valence-electron chi connectivity index (χ0n) is 8.78. The zero-order valence-corrected chi connectivity index (χ0v) is 8.78. The minimum atomic E-state index is 0.0139. The highest BCUT2D eigenvalue weighted by Crippen LogP contribution is 1.98. The van der Waals surface area contributed by atoms with E-state index < -0.39 is 0 Å². The summed E-state index contributed by atoms with van der Waals surface area (Å²) < 4.78 is 0. The lowest BCUT2D eigenvalue weighted by molar-refractivity contribution is -0.121. The van der Waals surface area contributed by atoms with Gasteiger partial charge in [-0.05, 0) is 18.4 Å². The fourth-order valence-corrected chi connectivity index (χ4v) is 1.32. The third-order valence-electron chi connectivity index (χ3n) is 2.14. The lowest BCUT2D eigenvalue weighted by Gasteiger charge is -2.04. The summed E-state index contributed by atoms with van der Waals surface area (Å²) in [6, 6.07) is 10.0. The molecule has 3 nitrogen and oxygen atoms in total. The number of amides is 1. The molecule has 0 aliphatic heterocycles. The molecule has 0 fully saturated rings. The topological polar surface area (TPSA) is 49.3 Å². The van der Waals surface area contributed by atoms with Crippen molar-refractivity contribution in [3.63, 3.8) is 0 Å². The van der Waals surface area contributed by atoms with Gasteiger partial charge < -0.3 is 10.4 Å². The molecule has 0 atom stereocenters. The smallest absolute Gasteiger partial charge is 0.220 e. The molecule has 2 N–H and O–H groups in total. The van der Waals surface area contributed by atoms with Crippen LogP contribution in [-0.4, -0.2) is 24.2 Å². The summed E-state index contributed by atoms with van der Waals surface area (Å²) in [5, 5.41) is 11.4. The average molecular weight is 207 g/mol. The number of nitrogens with one attached hydrogen (secondary N) is 1. The Morgan fingerprint density at radius 2 is 2.00 bits per heavy atom. The quantitative estimate of drug-likeness (QED) is 0.734. The maximum atomic E-state index is 11.2. The SMILES string of the molecule is O=C(CCCO)NCCc1ccccc1. The maximum absolute atomic E-state index is 11.2. The van der Waals surface area contributed by atoms with Gasteiger partial charge in [-0.1, -0.05) is 30.3 Å². The number of hydrogen-bond donors (Lipinski definition) is 2. The Hall–Kier alpha value is -1.35. The number of rotatable bonds is 6. The Kier molecular flexibility index (Phi) is 5.48. The van der Waals surface area contributed by atoms with E-state index in [0.717, 1.165) is 6.42 Å². The maximum Gasteiger partial charge on any atom is 0.220 e. The van der Waals surface area contributed by atoms with Gasteiger partial charge in [0, 0.05) is 19.6 Å². The molecule has 1 aromatic rings. The molecule has 1 amide bonds. The average Bonchev–Trinajstić information content (AvgIpc) is 2.28. The van der Waals surface area contributed by atoms with Crippen LogP contribution in [0.5, 0.6) is 0 Å². The summed E-state index contributed by atoms with van der Waals surface area (Å²) in [4.78, 5) is 11.2. The van der Waals surface area contributed by atoms with E-state index in [1.807, 2.05) is 30.3 Å². The molecule has 82 valence electrons. The molecule has 0 saturated heterocycles. The molecule has 0 heterocycles. The van der Waals surface area contributed by atoms with Gasteiger partial charge in [-0.2, -0.15) is 0 Å². The van der Waals surface area contributed by atoms with Crippen LogP contribution in [-0.2, 0) is 11.2 Å². The molecule has 15 heavy (non-hydrogen) atoms. The van der Waals surface area contributed by atoms with Crippen molar-refractivity contribution in [3.8, 4) is 0 Å². The van der Waals surface area contributed by atoms with Crippen molar-refractivity contribution in [2.45, 2.75) is 19.3 Å². The van der Waals surface area contributed by atoms with Gasteiger partial charge in [0.25, 0.3) is 0 Å². The van der Waals surface area contributed by atoms with Crippen LogP contribution in [0.1, 0.15) is 18.4 Å². The normalized spacial score (nSPS) is 9.93. The predicted molar refractivity (Wildman–Crippen MR) is 59.5 cm³/mol. The molecule has 0 bridgehead atoms. The highest BCUT2D eigenvalue weighted by atomic mass is 16.3. The molecule has 0 aromatic heterocycles. The van der Waals surface area contributed by atoms with Gasteiger partial charge in [-0.15, -0.1) is 0 Å². The van der Waals surface area contributed by atoms with Crippen molar-refractivity contribution in [3.05, 3.63) is 35.9 Å². The second kappa shape index (κ2) is 7.01. The molecule has 1 rings (SSSR count). The van der Waals surface area contributed by atoms with Gasteiger partial charge in [0.15, 0.2) is 0 Å². The van der Waals surface area contributed by atoms with Crippen LogP contribution in [0.4, 0.5) is 0 Å². The Morgan fingerprint density at radius 3 is 2.67 bits per heavy atom. The molecule has 3 heteroatoms. The summed E-state index contributed by atoms with van der Waals surface area (Å²) in [7, 11) is 0. The van der Waals surface area contributed by atoms with Gasteiger partial charge in [0.2, 0.25) is 5.91 Å². The van der Waals surface area contributed by atoms with Crippen molar-refractivity contribution >= 4 is 5.91 Å². The zero-order chi connectivity index (χ0) is 10.9. The summed E-state index contributed by atoms with van der Waals surface area (Å²) in [5.41, 5.74) is 1.22. The highest BCUT2D eigenvalue weighted by molar-refractivity contribution is 5.75. The highest BCUT2D eigenvalue weighted by Gasteiger charge is 1.99. The van der Waals surface area contributed by atoms with Crippen LogP contribution in [0.2, 0.25) is 0 Å². The fraction of sp³-hybridized carbons (Fsp3) is 0.417. The Balaban J connectivity index is 2.14. The van der Waals surface area contributed by atoms with Crippen LogP contribution in [0, 0.1) is 0 Å². The first-order valence-electron chi connectivity index (χ1n) is 5.24. The van der Waals surface area contributed by atoms with Gasteiger partial charge in [0.05, 0.1) is 0 Å². The van der Waals surface area contributed by atoms with Crippen LogP contribution in [0.3, 0.4) is 0 Å². The molecule has 0 aliphatic rings. The van der Waals surface area contributed by atoms with E-state index >= 15 is 0 Å². The second-order valence-corrected chi connectivity index (χ2v) is 3.41. The summed E-state index contributed by atoms with van der Waals surface area (Å²) in [5.74, 6) is 0.0139. The van der Waals surface area contributed by atoms with Crippen molar-refractivity contribution in [2.24, 2.45) is 0 Å². The van der Waals surface area contributed by atoms with E-state index in [2.05, 4.69) is 5.32 Å². The molecular weight excluding hydrogens is 190 g/mol. The van der Waals surface area contributed by atoms with E-state index in [4.69, 9.17) is 5.11 Å². The summed E-state index contributed by atoms with van der Waals surface area (Å²) >= 11 is 0. The van der Waals surface area contributed by atoms with E-state index in [0.29, 0.717) is 19.4 Å². The third kappa shape index (κ3) is 5.18. The first-order chi connectivity index (χ1) is 7.33. The predicted octanol–water partition coefficient (Wildman–Crippen LogP) is 1.12. The largest absolute Gasteiger partial charge is 0.396 e. The standard InChI is InChI=1S/C12H17NO2/c14-10-4-7-12(15)13-9-8-11-5-2-1-3-6-11/h1-3,5-6,14H,4,7-10H2,(H,13,15). The van der Waals surface area contributed by atoms with Crippen molar-refractivity contribution < 1.29 is 9.90 Å². The van der Waals surface area contributed by atoms with Crippen LogP contribution < -0.4 is 5.32 Å². The molecular formula is C12H17NO2. The Labute approximate surface area is 90.1 Å². The minimum Gasteiger partial charge on any atom is -0.396 e. The van der Waals surface area contributed by atoms with E-state index in [1.54, 1.807) is 0 Å². The summed E-state index contributed by atoms with van der Waals surface area (Å²) in [6.07, 6.45) is 1.80. The number of carbonyl (C=O) groups is 1. The third-order valence-corrected chi connectivity index (χ3v) is 2.14. The summed E-state index contributed by atoms with van der Waals surface area (Å²) in [6.45, 7) is 0.736. The lowest BCUT2D eigenvalue weighted by atomic mass is 10.1. The van der Waals surface area contributed by atoms with Crippen molar-refractivity contribution in [2.75, 3.05) is 13.2 Å². The number of carbonyl (C=O) groups excluding carboxylic acids is 1. The molecule has 0 radical (unpaired) electrons. The van der Waals surface area contributed by atoms with Crippen molar-refractivity contribution in [1.29, 1.82) is 0 Å². The number of benzene rings is 1. The fourth-order valence-electron chi connectivity index (χ4n) is 1.32. The van der Waals surface area contributed by atoms with Crippen molar-refractivity contribution in [1.82, 2.24) is 5.32 Å². The molecule has 0 unspecified atom stereocenters. The van der Waals surface area contributed by atoms with Crippen LogP contribution >= 0.6 is 0 Å². The Bertz CT molecular complexity index is 285. The second-order valence-electron chi connectivity index (χ2n) is 3.41.